The smallest absolute Gasteiger partial charge is 0.0644 e. The lowest BCUT2D eigenvalue weighted by atomic mass is 9.87. The highest BCUT2D eigenvalue weighted by Crippen LogP contribution is 2.25. The van der Waals surface area contributed by atoms with Crippen molar-refractivity contribution in [1.82, 2.24) is 0 Å². The van der Waals surface area contributed by atoms with Crippen molar-refractivity contribution >= 4 is 0 Å². The molecule has 70 valence electrons. The van der Waals surface area contributed by atoms with E-state index in [9.17, 15) is 0 Å². The van der Waals surface area contributed by atoms with Crippen LogP contribution < -0.4 is 0 Å². The molecule has 1 nitrogen and oxygen atoms in total. The Labute approximate surface area is 75.8 Å². The highest BCUT2D eigenvalue weighted by atomic mass is 16.5. The number of rotatable bonds is 5. The largest absolute Gasteiger partial charge is 0.377 e. The lowest BCUT2D eigenvalue weighted by molar-refractivity contribution is 0.137. The molecule has 1 aliphatic rings. The molecule has 0 spiro atoms. The lowest BCUT2D eigenvalue weighted by Gasteiger charge is -2.20. The number of hydrogen-bond acceptors (Lipinski definition) is 1. The summed E-state index contributed by atoms with van der Waals surface area (Å²) in [5.41, 5.74) is 0. The van der Waals surface area contributed by atoms with Gasteiger partial charge in [-0.2, -0.15) is 0 Å². The topological polar surface area (TPSA) is 9.23 Å². The first-order chi connectivity index (χ1) is 5.93. The second kappa shape index (κ2) is 6.24. The Bertz CT molecular complexity index is 114. The van der Waals surface area contributed by atoms with Crippen LogP contribution in [0.3, 0.4) is 0 Å². The average molecular weight is 168 g/mol. The maximum atomic E-state index is 5.37. The zero-order valence-corrected chi connectivity index (χ0v) is 7.93. The van der Waals surface area contributed by atoms with Crippen LogP contribution in [0.1, 0.15) is 38.5 Å². The molecule has 1 heteroatoms. The van der Waals surface area contributed by atoms with E-state index < -0.39 is 0 Å². The molecule has 0 amide bonds. The molecule has 0 aromatic rings. The van der Waals surface area contributed by atoms with Crippen LogP contribution in [0.25, 0.3) is 0 Å². The fraction of sp³-hybridized carbons (Fsp3) is 0.818. The van der Waals surface area contributed by atoms with E-state index in [1.54, 1.807) is 0 Å². The zero-order chi connectivity index (χ0) is 8.65. The minimum Gasteiger partial charge on any atom is -0.377 e. The van der Waals surface area contributed by atoms with E-state index in [2.05, 4.69) is 6.58 Å². The molecule has 1 saturated carbocycles. The van der Waals surface area contributed by atoms with Gasteiger partial charge in [-0.1, -0.05) is 38.2 Å². The summed E-state index contributed by atoms with van der Waals surface area (Å²) in [6.07, 6.45) is 10.3. The first kappa shape index (κ1) is 9.79. The molecule has 0 saturated heterocycles. The Kier molecular flexibility index (Phi) is 5.09. The molecule has 0 atom stereocenters. The molecular formula is C11H20O. The molecular weight excluding hydrogens is 148 g/mol. The van der Waals surface area contributed by atoms with Crippen LogP contribution in [0.5, 0.6) is 0 Å². The van der Waals surface area contributed by atoms with Crippen LogP contribution in [0.15, 0.2) is 12.7 Å². The minimum absolute atomic E-state index is 0.715. The summed E-state index contributed by atoms with van der Waals surface area (Å²) in [6.45, 7) is 5.26. The Balaban J connectivity index is 1.94. The van der Waals surface area contributed by atoms with Gasteiger partial charge in [0.05, 0.1) is 6.61 Å². The van der Waals surface area contributed by atoms with Crippen molar-refractivity contribution in [2.75, 3.05) is 13.2 Å². The van der Waals surface area contributed by atoms with E-state index in [1.165, 1.54) is 38.5 Å². The predicted molar refractivity (Wildman–Crippen MR) is 52.2 cm³/mol. The van der Waals surface area contributed by atoms with Crippen LogP contribution in [-0.4, -0.2) is 13.2 Å². The summed E-state index contributed by atoms with van der Waals surface area (Å²) in [6, 6.07) is 0. The fourth-order valence-corrected chi connectivity index (χ4v) is 1.89. The maximum Gasteiger partial charge on any atom is 0.0644 e. The van der Waals surface area contributed by atoms with Gasteiger partial charge in [-0.15, -0.1) is 6.58 Å². The van der Waals surface area contributed by atoms with Gasteiger partial charge in [0.25, 0.3) is 0 Å². The molecule has 0 N–H and O–H groups in total. The van der Waals surface area contributed by atoms with E-state index in [-0.39, 0.29) is 0 Å². The van der Waals surface area contributed by atoms with Crippen molar-refractivity contribution in [3.8, 4) is 0 Å². The molecule has 0 heterocycles. The molecule has 0 aliphatic heterocycles. The summed E-state index contributed by atoms with van der Waals surface area (Å²) in [4.78, 5) is 0. The van der Waals surface area contributed by atoms with Gasteiger partial charge in [-0.05, 0) is 12.3 Å². The second-order valence-electron chi connectivity index (χ2n) is 3.66. The van der Waals surface area contributed by atoms with Gasteiger partial charge in [0.15, 0.2) is 0 Å². The quantitative estimate of drug-likeness (QED) is 0.452. The highest BCUT2D eigenvalue weighted by molar-refractivity contribution is 4.67. The van der Waals surface area contributed by atoms with Crippen LogP contribution >= 0.6 is 0 Å². The summed E-state index contributed by atoms with van der Waals surface area (Å²) in [5, 5.41) is 0. The molecule has 0 aromatic heterocycles. The van der Waals surface area contributed by atoms with E-state index >= 15 is 0 Å². The highest BCUT2D eigenvalue weighted by Gasteiger charge is 2.12. The van der Waals surface area contributed by atoms with Crippen LogP contribution in [0.2, 0.25) is 0 Å². The number of ether oxygens (including phenoxy) is 1. The molecule has 0 bridgehead atoms. The molecule has 12 heavy (non-hydrogen) atoms. The third-order valence-corrected chi connectivity index (χ3v) is 2.63. The van der Waals surface area contributed by atoms with E-state index in [1.807, 2.05) is 6.08 Å². The van der Waals surface area contributed by atoms with Crippen molar-refractivity contribution in [2.24, 2.45) is 5.92 Å². The Morgan fingerprint density at radius 1 is 1.25 bits per heavy atom. The normalized spacial score (nSPS) is 19.3. The van der Waals surface area contributed by atoms with E-state index in [4.69, 9.17) is 4.74 Å². The minimum atomic E-state index is 0.715. The van der Waals surface area contributed by atoms with Gasteiger partial charge < -0.3 is 4.74 Å². The standard InChI is InChI=1S/C11H20O/c1-2-9-12-10-8-11-6-4-3-5-7-11/h2,11H,1,3-10H2. The zero-order valence-electron chi connectivity index (χ0n) is 7.93. The van der Waals surface area contributed by atoms with E-state index in [0.717, 1.165) is 12.5 Å². The third kappa shape index (κ3) is 3.91. The lowest BCUT2D eigenvalue weighted by Crippen LogP contribution is -2.09. The molecule has 1 fully saturated rings. The Hall–Kier alpha value is -0.300. The van der Waals surface area contributed by atoms with Crippen LogP contribution in [0.4, 0.5) is 0 Å². The molecule has 0 unspecified atom stereocenters. The van der Waals surface area contributed by atoms with Crippen molar-refractivity contribution < 1.29 is 4.74 Å². The molecule has 0 radical (unpaired) electrons. The molecule has 1 rings (SSSR count). The second-order valence-corrected chi connectivity index (χ2v) is 3.66. The van der Waals surface area contributed by atoms with Crippen molar-refractivity contribution in [3.63, 3.8) is 0 Å². The fourth-order valence-electron chi connectivity index (χ4n) is 1.89. The monoisotopic (exact) mass is 168 g/mol. The first-order valence-electron chi connectivity index (χ1n) is 5.12. The Morgan fingerprint density at radius 2 is 2.00 bits per heavy atom. The first-order valence-corrected chi connectivity index (χ1v) is 5.12. The van der Waals surface area contributed by atoms with Gasteiger partial charge in [0.1, 0.15) is 0 Å². The van der Waals surface area contributed by atoms with E-state index in [0.29, 0.717) is 6.61 Å². The van der Waals surface area contributed by atoms with Gasteiger partial charge in [0.2, 0.25) is 0 Å². The summed E-state index contributed by atoms with van der Waals surface area (Å²) in [5.74, 6) is 0.948. The predicted octanol–water partition coefficient (Wildman–Crippen LogP) is 3.16. The van der Waals surface area contributed by atoms with Crippen molar-refractivity contribution in [2.45, 2.75) is 38.5 Å². The van der Waals surface area contributed by atoms with Gasteiger partial charge >= 0.3 is 0 Å². The molecule has 0 aromatic carbocycles. The number of hydrogen-bond donors (Lipinski definition) is 0. The van der Waals surface area contributed by atoms with Crippen molar-refractivity contribution in [1.29, 1.82) is 0 Å². The third-order valence-electron chi connectivity index (χ3n) is 2.63. The summed E-state index contributed by atoms with van der Waals surface area (Å²) < 4.78 is 5.37. The Morgan fingerprint density at radius 3 is 2.67 bits per heavy atom. The van der Waals surface area contributed by atoms with Gasteiger partial charge in [-0.3, -0.25) is 0 Å². The van der Waals surface area contributed by atoms with Crippen LogP contribution in [0, 0.1) is 5.92 Å². The van der Waals surface area contributed by atoms with Crippen molar-refractivity contribution in [3.05, 3.63) is 12.7 Å². The average Bonchev–Trinajstić information content (AvgIpc) is 2.14. The van der Waals surface area contributed by atoms with Gasteiger partial charge in [-0.25, -0.2) is 0 Å². The SMILES string of the molecule is C=CCOCCC1CCCCC1. The van der Waals surface area contributed by atoms with Gasteiger partial charge in [0, 0.05) is 6.61 Å². The van der Waals surface area contributed by atoms with Crippen LogP contribution in [-0.2, 0) is 4.74 Å². The summed E-state index contributed by atoms with van der Waals surface area (Å²) >= 11 is 0. The molecule has 1 aliphatic carbocycles. The maximum absolute atomic E-state index is 5.37. The summed E-state index contributed by atoms with van der Waals surface area (Å²) in [7, 11) is 0.